The van der Waals surface area contributed by atoms with Gasteiger partial charge < -0.3 is 5.32 Å². The standard InChI is InChI=1S/C11H19N3O2S/c1-9-10(7-13-14(9)2)6-12-11-4-3-5-17(15,16)8-11/h7,11-12H,3-6,8H2,1-2H3. The van der Waals surface area contributed by atoms with Crippen molar-refractivity contribution >= 4 is 9.84 Å². The van der Waals surface area contributed by atoms with Crippen LogP contribution in [0.1, 0.15) is 24.1 Å². The number of aromatic nitrogens is 2. The zero-order valence-electron chi connectivity index (χ0n) is 10.3. The molecule has 1 fully saturated rings. The van der Waals surface area contributed by atoms with Crippen molar-refractivity contribution in [1.29, 1.82) is 0 Å². The van der Waals surface area contributed by atoms with Gasteiger partial charge in [0.05, 0.1) is 17.7 Å². The number of hydrogen-bond acceptors (Lipinski definition) is 4. The molecule has 0 aliphatic carbocycles. The molecule has 0 saturated carbocycles. The van der Waals surface area contributed by atoms with E-state index >= 15 is 0 Å². The van der Waals surface area contributed by atoms with Gasteiger partial charge in [-0.3, -0.25) is 4.68 Å². The molecule has 1 aliphatic heterocycles. The smallest absolute Gasteiger partial charge is 0.151 e. The Labute approximate surface area is 102 Å². The topological polar surface area (TPSA) is 64.0 Å². The lowest BCUT2D eigenvalue weighted by Gasteiger charge is -2.22. The van der Waals surface area contributed by atoms with Crippen molar-refractivity contribution in [2.45, 2.75) is 32.4 Å². The number of nitrogens with zero attached hydrogens (tertiary/aromatic N) is 2. The van der Waals surface area contributed by atoms with Gasteiger partial charge in [-0.15, -0.1) is 0 Å². The highest BCUT2D eigenvalue weighted by Crippen LogP contribution is 2.13. The van der Waals surface area contributed by atoms with Crippen LogP contribution < -0.4 is 5.32 Å². The molecule has 96 valence electrons. The van der Waals surface area contributed by atoms with Gasteiger partial charge in [-0.1, -0.05) is 0 Å². The van der Waals surface area contributed by atoms with Crippen LogP contribution in [0, 0.1) is 6.92 Å². The van der Waals surface area contributed by atoms with E-state index in [2.05, 4.69) is 10.4 Å². The van der Waals surface area contributed by atoms with E-state index in [1.54, 1.807) is 0 Å². The van der Waals surface area contributed by atoms with E-state index in [1.165, 1.54) is 0 Å². The predicted octanol–water partition coefficient (Wildman–Crippen LogP) is 0.395. The van der Waals surface area contributed by atoms with E-state index in [1.807, 2.05) is 24.9 Å². The Morgan fingerprint density at radius 3 is 2.94 bits per heavy atom. The fourth-order valence-corrected chi connectivity index (χ4v) is 3.83. The Hall–Kier alpha value is -0.880. The van der Waals surface area contributed by atoms with E-state index in [4.69, 9.17) is 0 Å². The molecule has 0 aromatic carbocycles. The van der Waals surface area contributed by atoms with Crippen LogP contribution in [0.4, 0.5) is 0 Å². The molecule has 6 heteroatoms. The highest BCUT2D eigenvalue weighted by Gasteiger charge is 2.24. The number of sulfone groups is 1. The summed E-state index contributed by atoms with van der Waals surface area (Å²) in [5.41, 5.74) is 2.26. The summed E-state index contributed by atoms with van der Waals surface area (Å²) in [6.07, 6.45) is 3.55. The zero-order valence-corrected chi connectivity index (χ0v) is 11.1. The second-order valence-corrected chi connectivity index (χ2v) is 6.94. The minimum Gasteiger partial charge on any atom is -0.309 e. The lowest BCUT2D eigenvalue weighted by atomic mass is 10.1. The summed E-state index contributed by atoms with van der Waals surface area (Å²) in [5.74, 6) is 0.614. The Morgan fingerprint density at radius 2 is 2.35 bits per heavy atom. The van der Waals surface area contributed by atoms with Gasteiger partial charge in [0.15, 0.2) is 9.84 Å². The number of hydrogen-bond donors (Lipinski definition) is 1. The molecule has 1 atom stereocenters. The highest BCUT2D eigenvalue weighted by atomic mass is 32.2. The van der Waals surface area contributed by atoms with Gasteiger partial charge in [-0.2, -0.15) is 5.10 Å². The second-order valence-electron chi connectivity index (χ2n) is 4.71. The molecule has 1 saturated heterocycles. The fourth-order valence-electron chi connectivity index (χ4n) is 2.16. The van der Waals surface area contributed by atoms with Gasteiger partial charge in [0.1, 0.15) is 0 Å². The van der Waals surface area contributed by atoms with Gasteiger partial charge in [-0.05, 0) is 19.8 Å². The van der Waals surface area contributed by atoms with E-state index in [-0.39, 0.29) is 11.8 Å². The molecular weight excluding hydrogens is 238 g/mol. The molecular formula is C11H19N3O2S. The van der Waals surface area contributed by atoms with Crippen molar-refractivity contribution < 1.29 is 8.42 Å². The maximum absolute atomic E-state index is 11.5. The summed E-state index contributed by atoms with van der Waals surface area (Å²) in [7, 11) is -0.918. The van der Waals surface area contributed by atoms with Crippen LogP contribution in [-0.2, 0) is 23.4 Å². The maximum atomic E-state index is 11.5. The van der Waals surface area contributed by atoms with Gasteiger partial charge in [0, 0.05) is 30.9 Å². The zero-order chi connectivity index (χ0) is 12.5. The average molecular weight is 257 g/mol. The van der Waals surface area contributed by atoms with Crippen LogP contribution in [0.2, 0.25) is 0 Å². The van der Waals surface area contributed by atoms with Gasteiger partial charge in [0.2, 0.25) is 0 Å². The monoisotopic (exact) mass is 257 g/mol. The first kappa shape index (κ1) is 12.6. The van der Waals surface area contributed by atoms with Gasteiger partial charge in [0.25, 0.3) is 0 Å². The fraction of sp³-hybridized carbons (Fsp3) is 0.727. The molecule has 1 N–H and O–H groups in total. The van der Waals surface area contributed by atoms with Crippen molar-refractivity contribution in [3.8, 4) is 0 Å². The van der Waals surface area contributed by atoms with Crippen molar-refractivity contribution in [1.82, 2.24) is 15.1 Å². The summed E-state index contributed by atoms with van der Waals surface area (Å²) >= 11 is 0. The second kappa shape index (κ2) is 4.78. The van der Waals surface area contributed by atoms with Crippen molar-refractivity contribution in [2.24, 2.45) is 7.05 Å². The van der Waals surface area contributed by atoms with Gasteiger partial charge in [-0.25, -0.2) is 8.42 Å². The molecule has 1 aromatic rings. The molecule has 0 bridgehead atoms. The Bertz CT molecular complexity index is 493. The lowest BCUT2D eigenvalue weighted by molar-refractivity contribution is 0.479. The Morgan fingerprint density at radius 1 is 1.59 bits per heavy atom. The summed E-state index contributed by atoms with van der Waals surface area (Å²) in [6.45, 7) is 2.71. The Balaban J connectivity index is 1.92. The third-order valence-electron chi connectivity index (χ3n) is 3.38. The summed E-state index contributed by atoms with van der Waals surface area (Å²) < 4.78 is 24.8. The quantitative estimate of drug-likeness (QED) is 0.851. The van der Waals surface area contributed by atoms with Crippen molar-refractivity contribution in [3.05, 3.63) is 17.5 Å². The molecule has 2 heterocycles. The number of rotatable bonds is 3. The minimum atomic E-state index is -2.82. The van der Waals surface area contributed by atoms with Crippen molar-refractivity contribution in [3.63, 3.8) is 0 Å². The highest BCUT2D eigenvalue weighted by molar-refractivity contribution is 7.91. The van der Waals surface area contributed by atoms with E-state index in [9.17, 15) is 8.42 Å². The van der Waals surface area contributed by atoms with E-state index in [0.717, 1.165) is 24.1 Å². The van der Waals surface area contributed by atoms with Crippen LogP contribution in [0.3, 0.4) is 0 Å². The van der Waals surface area contributed by atoms with E-state index < -0.39 is 9.84 Å². The first-order valence-electron chi connectivity index (χ1n) is 5.89. The third-order valence-corrected chi connectivity index (χ3v) is 5.20. The van der Waals surface area contributed by atoms with Crippen LogP contribution in [0.5, 0.6) is 0 Å². The third kappa shape index (κ3) is 3.07. The molecule has 2 rings (SSSR count). The van der Waals surface area contributed by atoms with Crippen molar-refractivity contribution in [2.75, 3.05) is 11.5 Å². The summed E-state index contributed by atoms with van der Waals surface area (Å²) in [5, 5.41) is 7.48. The molecule has 1 aromatic heterocycles. The van der Waals surface area contributed by atoms with Gasteiger partial charge >= 0.3 is 0 Å². The maximum Gasteiger partial charge on any atom is 0.151 e. The first-order chi connectivity index (χ1) is 7.98. The number of nitrogens with one attached hydrogen (secondary N) is 1. The van der Waals surface area contributed by atoms with E-state index in [0.29, 0.717) is 12.3 Å². The minimum absolute atomic E-state index is 0.0911. The lowest BCUT2D eigenvalue weighted by Crippen LogP contribution is -2.39. The predicted molar refractivity (Wildman–Crippen MR) is 66.5 cm³/mol. The normalized spacial score (nSPS) is 23.8. The summed E-state index contributed by atoms with van der Waals surface area (Å²) in [4.78, 5) is 0. The molecule has 1 unspecified atom stereocenters. The van der Waals surface area contributed by atoms with Crippen LogP contribution in [-0.4, -0.2) is 35.7 Å². The van der Waals surface area contributed by atoms with Crippen LogP contribution >= 0.6 is 0 Å². The Kier molecular flexibility index (Phi) is 3.53. The largest absolute Gasteiger partial charge is 0.309 e. The molecule has 0 spiro atoms. The SMILES string of the molecule is Cc1c(CNC2CCCS(=O)(=O)C2)cnn1C. The molecule has 17 heavy (non-hydrogen) atoms. The molecule has 0 amide bonds. The molecule has 5 nitrogen and oxygen atoms in total. The first-order valence-corrected chi connectivity index (χ1v) is 7.71. The summed E-state index contributed by atoms with van der Waals surface area (Å²) in [6, 6.07) is 0.0911. The number of aryl methyl sites for hydroxylation is 1. The van der Waals surface area contributed by atoms with Crippen LogP contribution in [0.15, 0.2) is 6.20 Å². The van der Waals surface area contributed by atoms with Crippen LogP contribution in [0.25, 0.3) is 0 Å². The average Bonchev–Trinajstić information content (AvgIpc) is 2.56. The molecule has 0 radical (unpaired) electrons. The molecule has 1 aliphatic rings.